The first kappa shape index (κ1) is 22.4. The Balaban J connectivity index is 1.98. The van der Waals surface area contributed by atoms with Crippen LogP contribution in [0.5, 0.6) is 11.5 Å². The molecule has 0 aromatic heterocycles. The Kier molecular flexibility index (Phi) is 5.37. The van der Waals surface area contributed by atoms with Gasteiger partial charge in [-0.25, -0.2) is 0 Å². The van der Waals surface area contributed by atoms with Gasteiger partial charge < -0.3 is 29.9 Å². The number of ketones is 2. The van der Waals surface area contributed by atoms with E-state index in [2.05, 4.69) is 0 Å². The molecule has 170 valence electrons. The minimum atomic E-state index is -1.36. The largest absolute Gasteiger partial charge is 0.507 e. The summed E-state index contributed by atoms with van der Waals surface area (Å²) in [5.74, 6) is -2.13. The zero-order valence-electron chi connectivity index (χ0n) is 18.3. The molecule has 8 nitrogen and oxygen atoms in total. The molecule has 0 saturated heterocycles. The molecule has 0 spiro atoms. The maximum absolute atomic E-state index is 13.3. The molecule has 0 heterocycles. The van der Waals surface area contributed by atoms with Crippen molar-refractivity contribution in [1.82, 2.24) is 0 Å². The fourth-order valence-corrected chi connectivity index (χ4v) is 4.85. The number of aliphatic hydroxyl groups excluding tert-OH is 1. The van der Waals surface area contributed by atoms with Gasteiger partial charge in [0.2, 0.25) is 5.78 Å². The molecule has 0 bridgehead atoms. The van der Waals surface area contributed by atoms with Gasteiger partial charge >= 0.3 is 0 Å². The number of benzene rings is 2. The van der Waals surface area contributed by atoms with E-state index in [4.69, 9.17) is 9.47 Å². The van der Waals surface area contributed by atoms with E-state index in [1.165, 1.54) is 25.3 Å². The minimum Gasteiger partial charge on any atom is -0.507 e. The van der Waals surface area contributed by atoms with Gasteiger partial charge in [-0.05, 0) is 50.1 Å². The molecule has 0 unspecified atom stereocenters. The third-order valence-electron chi connectivity index (χ3n) is 6.12. The molecule has 2 aromatic rings. The maximum atomic E-state index is 13.3. The standard InChI is InChI=1S/C24H26O8/c1-10(2)32-22-16-12(8-24(3,30)23(22)31-4)7-14-18(20(16)28)21(29)17-13(19(14)27)5-11(9-25)6-15(17)26/h5-7,10,22-23,25-26,28,30H,8-9H2,1-4H3/t22-,23+,24-/m1/s1. The van der Waals surface area contributed by atoms with Crippen LogP contribution in [0.2, 0.25) is 0 Å². The second-order valence-electron chi connectivity index (χ2n) is 8.87. The molecule has 0 fully saturated rings. The molecule has 2 aliphatic rings. The topological polar surface area (TPSA) is 134 Å². The van der Waals surface area contributed by atoms with Crippen LogP contribution < -0.4 is 0 Å². The molecule has 0 saturated carbocycles. The first-order valence-electron chi connectivity index (χ1n) is 10.4. The lowest BCUT2D eigenvalue weighted by atomic mass is 9.72. The summed E-state index contributed by atoms with van der Waals surface area (Å²) in [6.07, 6.45) is -1.94. The number of phenolic OH excluding ortho intramolecular Hbond substituents is 2. The Morgan fingerprint density at radius 3 is 2.34 bits per heavy atom. The molecule has 3 atom stereocenters. The monoisotopic (exact) mass is 442 g/mol. The molecule has 0 amide bonds. The number of ether oxygens (including phenoxy) is 2. The van der Waals surface area contributed by atoms with Crippen LogP contribution in [0.4, 0.5) is 0 Å². The fraction of sp³-hybridized carbons (Fsp3) is 0.417. The van der Waals surface area contributed by atoms with Gasteiger partial charge in [-0.2, -0.15) is 0 Å². The van der Waals surface area contributed by atoms with E-state index >= 15 is 0 Å². The molecule has 2 aromatic carbocycles. The second kappa shape index (κ2) is 7.67. The van der Waals surface area contributed by atoms with Crippen molar-refractivity contribution in [3.05, 3.63) is 57.1 Å². The van der Waals surface area contributed by atoms with Crippen LogP contribution in [0.15, 0.2) is 18.2 Å². The smallest absolute Gasteiger partial charge is 0.201 e. The summed E-state index contributed by atoms with van der Waals surface area (Å²) in [5, 5.41) is 42.1. The van der Waals surface area contributed by atoms with Crippen molar-refractivity contribution in [3.8, 4) is 11.5 Å². The van der Waals surface area contributed by atoms with Gasteiger partial charge in [0, 0.05) is 30.2 Å². The normalized spacial score (nSPS) is 24.3. The van der Waals surface area contributed by atoms with Crippen LogP contribution >= 0.6 is 0 Å². The number of carbonyl (C=O) groups excluding carboxylic acids is 2. The lowest BCUT2D eigenvalue weighted by Crippen LogP contribution is -2.51. The van der Waals surface area contributed by atoms with Gasteiger partial charge in [-0.15, -0.1) is 0 Å². The van der Waals surface area contributed by atoms with E-state index in [-0.39, 0.29) is 45.9 Å². The predicted octanol–water partition coefficient (Wildman–Crippen LogP) is 2.15. The molecular weight excluding hydrogens is 416 g/mol. The number of phenols is 2. The van der Waals surface area contributed by atoms with Crippen molar-refractivity contribution < 1.29 is 39.5 Å². The van der Waals surface area contributed by atoms with Crippen LogP contribution in [0.3, 0.4) is 0 Å². The number of hydrogen-bond donors (Lipinski definition) is 4. The number of rotatable bonds is 4. The van der Waals surface area contributed by atoms with Gasteiger partial charge in [0.25, 0.3) is 0 Å². The summed E-state index contributed by atoms with van der Waals surface area (Å²) in [6.45, 7) is 4.77. The van der Waals surface area contributed by atoms with Gasteiger partial charge in [0.1, 0.15) is 23.7 Å². The van der Waals surface area contributed by atoms with Crippen LogP contribution in [0.25, 0.3) is 0 Å². The Bertz CT molecular complexity index is 1130. The molecule has 0 radical (unpaired) electrons. The fourth-order valence-electron chi connectivity index (χ4n) is 4.85. The highest BCUT2D eigenvalue weighted by molar-refractivity contribution is 6.30. The van der Waals surface area contributed by atoms with Gasteiger partial charge in [0.05, 0.1) is 29.4 Å². The lowest BCUT2D eigenvalue weighted by molar-refractivity contribution is -0.170. The first-order valence-corrected chi connectivity index (χ1v) is 10.4. The summed E-state index contributed by atoms with van der Waals surface area (Å²) in [5.41, 5.74) is -0.830. The number of methoxy groups -OCH3 is 1. The minimum absolute atomic E-state index is 0.0248. The highest BCUT2D eigenvalue weighted by atomic mass is 16.5. The molecular formula is C24H26O8. The van der Waals surface area contributed by atoms with Crippen molar-refractivity contribution in [3.63, 3.8) is 0 Å². The highest BCUT2D eigenvalue weighted by Crippen LogP contribution is 2.48. The zero-order valence-corrected chi connectivity index (χ0v) is 18.3. The zero-order chi connectivity index (χ0) is 23.5. The van der Waals surface area contributed by atoms with Gasteiger partial charge in [-0.1, -0.05) is 0 Å². The van der Waals surface area contributed by atoms with Crippen molar-refractivity contribution in [2.45, 2.75) is 57.7 Å². The average molecular weight is 442 g/mol. The summed E-state index contributed by atoms with van der Waals surface area (Å²) < 4.78 is 11.5. The Morgan fingerprint density at radius 2 is 1.75 bits per heavy atom. The van der Waals surface area contributed by atoms with Crippen molar-refractivity contribution >= 4 is 11.6 Å². The van der Waals surface area contributed by atoms with Crippen molar-refractivity contribution in [2.24, 2.45) is 0 Å². The van der Waals surface area contributed by atoms with Crippen LogP contribution in [0.1, 0.15) is 75.4 Å². The third kappa shape index (κ3) is 3.22. The van der Waals surface area contributed by atoms with E-state index in [0.29, 0.717) is 5.56 Å². The second-order valence-corrected chi connectivity index (χ2v) is 8.87. The highest BCUT2D eigenvalue weighted by Gasteiger charge is 2.48. The number of carbonyl (C=O) groups is 2. The third-order valence-corrected chi connectivity index (χ3v) is 6.12. The van der Waals surface area contributed by atoms with Crippen LogP contribution in [-0.4, -0.2) is 56.9 Å². The SMILES string of the molecule is CO[C@H]1[C@H](OC(C)C)c2c(cc3c(c2O)C(=O)c2c(O)cc(CO)cc2C3=O)C[C@@]1(C)O. The predicted molar refractivity (Wildman–Crippen MR) is 113 cm³/mol. The van der Waals surface area contributed by atoms with E-state index in [0.717, 1.165) is 0 Å². The number of hydrogen-bond acceptors (Lipinski definition) is 8. The molecule has 2 aliphatic carbocycles. The number of fused-ring (bicyclic) bond motifs is 3. The molecule has 4 N–H and O–H groups in total. The quantitative estimate of drug-likeness (QED) is 0.483. The molecule has 8 heteroatoms. The Labute approximate surface area is 185 Å². The van der Waals surface area contributed by atoms with Gasteiger partial charge in [-0.3, -0.25) is 9.59 Å². The first-order chi connectivity index (χ1) is 15.0. The number of aliphatic hydroxyl groups is 2. The van der Waals surface area contributed by atoms with Crippen LogP contribution in [0, 0.1) is 0 Å². The van der Waals surface area contributed by atoms with Crippen molar-refractivity contribution in [2.75, 3.05) is 7.11 Å². The van der Waals surface area contributed by atoms with E-state index in [1.807, 2.05) is 0 Å². The lowest BCUT2D eigenvalue weighted by Gasteiger charge is -2.43. The molecule has 0 aliphatic heterocycles. The van der Waals surface area contributed by atoms with E-state index < -0.39 is 47.5 Å². The van der Waals surface area contributed by atoms with Crippen LogP contribution in [-0.2, 0) is 22.5 Å². The van der Waals surface area contributed by atoms with E-state index in [9.17, 15) is 30.0 Å². The maximum Gasteiger partial charge on any atom is 0.201 e. The summed E-state index contributed by atoms with van der Waals surface area (Å²) in [4.78, 5) is 26.6. The summed E-state index contributed by atoms with van der Waals surface area (Å²) in [7, 11) is 1.43. The molecule has 32 heavy (non-hydrogen) atoms. The Hall–Kier alpha value is -2.78. The van der Waals surface area contributed by atoms with Gasteiger partial charge in [0.15, 0.2) is 5.78 Å². The Morgan fingerprint density at radius 1 is 1.09 bits per heavy atom. The average Bonchev–Trinajstić information content (AvgIpc) is 2.69. The summed E-state index contributed by atoms with van der Waals surface area (Å²) >= 11 is 0. The summed E-state index contributed by atoms with van der Waals surface area (Å²) in [6, 6.07) is 4.07. The van der Waals surface area contributed by atoms with Crippen molar-refractivity contribution in [1.29, 1.82) is 0 Å². The number of aromatic hydroxyl groups is 2. The molecule has 4 rings (SSSR count). The van der Waals surface area contributed by atoms with E-state index in [1.54, 1.807) is 20.8 Å².